The highest BCUT2D eigenvalue weighted by atomic mass is 32.1. The minimum absolute atomic E-state index is 0.407. The molecule has 1 fully saturated rings. The zero-order valence-electron chi connectivity index (χ0n) is 12.7. The monoisotopic (exact) mass is 317 g/mol. The Morgan fingerprint density at radius 1 is 1.23 bits per heavy atom. The van der Waals surface area contributed by atoms with Gasteiger partial charge in [0.05, 0.1) is 19.3 Å². The molecule has 1 aromatic heterocycles. The highest BCUT2D eigenvalue weighted by Crippen LogP contribution is 2.26. The molecule has 1 aromatic carbocycles. The Kier molecular flexibility index (Phi) is 5.62. The van der Waals surface area contributed by atoms with E-state index in [-0.39, 0.29) is 0 Å². The lowest BCUT2D eigenvalue weighted by Gasteiger charge is -2.20. The summed E-state index contributed by atoms with van der Waals surface area (Å²) in [5.41, 5.74) is 1.41. The summed E-state index contributed by atoms with van der Waals surface area (Å²) >= 11 is 1.69. The SMILES string of the molecule is OC(COCc1cccs1)CN1CCC(c2ccccc2)C1. The quantitative estimate of drug-likeness (QED) is 0.852. The van der Waals surface area contributed by atoms with Crippen LogP contribution in [0.3, 0.4) is 0 Å². The number of thiophene rings is 1. The Balaban J connectivity index is 1.38. The first-order valence-electron chi connectivity index (χ1n) is 7.87. The van der Waals surface area contributed by atoms with Gasteiger partial charge in [-0.1, -0.05) is 36.4 Å². The molecule has 0 aliphatic carbocycles. The van der Waals surface area contributed by atoms with Crippen molar-refractivity contribution in [3.63, 3.8) is 0 Å². The zero-order valence-corrected chi connectivity index (χ0v) is 13.5. The van der Waals surface area contributed by atoms with E-state index in [2.05, 4.69) is 41.3 Å². The lowest BCUT2D eigenvalue weighted by molar-refractivity contribution is 0.0140. The van der Waals surface area contributed by atoms with Crippen molar-refractivity contribution in [3.8, 4) is 0 Å². The van der Waals surface area contributed by atoms with E-state index in [0.29, 0.717) is 25.7 Å². The first-order valence-corrected chi connectivity index (χ1v) is 8.74. The molecule has 118 valence electrons. The molecule has 2 heterocycles. The van der Waals surface area contributed by atoms with Crippen LogP contribution in [-0.2, 0) is 11.3 Å². The third-order valence-corrected chi connectivity index (χ3v) is 5.00. The van der Waals surface area contributed by atoms with E-state index in [1.165, 1.54) is 16.9 Å². The summed E-state index contributed by atoms with van der Waals surface area (Å²) in [6.45, 7) is 3.80. The molecule has 2 unspecified atom stereocenters. The van der Waals surface area contributed by atoms with Crippen molar-refractivity contribution in [1.29, 1.82) is 0 Å². The van der Waals surface area contributed by atoms with Crippen molar-refractivity contribution < 1.29 is 9.84 Å². The fourth-order valence-electron chi connectivity index (χ4n) is 3.04. The summed E-state index contributed by atoms with van der Waals surface area (Å²) in [5.74, 6) is 0.598. The molecule has 0 bridgehead atoms. The third-order valence-electron chi connectivity index (χ3n) is 4.15. The molecule has 2 atom stereocenters. The fourth-order valence-corrected chi connectivity index (χ4v) is 3.68. The zero-order chi connectivity index (χ0) is 15.2. The molecule has 22 heavy (non-hydrogen) atoms. The van der Waals surface area contributed by atoms with Crippen LogP contribution in [0.5, 0.6) is 0 Å². The average molecular weight is 317 g/mol. The van der Waals surface area contributed by atoms with E-state index in [9.17, 15) is 5.11 Å². The molecule has 1 aliphatic rings. The van der Waals surface area contributed by atoms with E-state index in [1.807, 2.05) is 11.4 Å². The van der Waals surface area contributed by atoms with Crippen molar-refractivity contribution >= 4 is 11.3 Å². The minimum Gasteiger partial charge on any atom is -0.389 e. The second-order valence-electron chi connectivity index (χ2n) is 5.90. The van der Waals surface area contributed by atoms with Crippen molar-refractivity contribution in [3.05, 3.63) is 58.3 Å². The number of likely N-dealkylation sites (tertiary alicyclic amines) is 1. The molecular formula is C18H23NO2S. The predicted molar refractivity (Wildman–Crippen MR) is 90.2 cm³/mol. The number of aliphatic hydroxyl groups is 1. The van der Waals surface area contributed by atoms with Crippen LogP contribution in [0, 0.1) is 0 Å². The summed E-state index contributed by atoms with van der Waals surface area (Å²) in [6.07, 6.45) is 0.766. The maximum Gasteiger partial charge on any atom is 0.0900 e. The third kappa shape index (κ3) is 4.40. The highest BCUT2D eigenvalue weighted by Gasteiger charge is 2.25. The van der Waals surface area contributed by atoms with Gasteiger partial charge in [-0.3, -0.25) is 0 Å². The van der Waals surface area contributed by atoms with Crippen LogP contribution < -0.4 is 0 Å². The Morgan fingerprint density at radius 3 is 2.86 bits per heavy atom. The van der Waals surface area contributed by atoms with Gasteiger partial charge in [0.1, 0.15) is 0 Å². The van der Waals surface area contributed by atoms with E-state index >= 15 is 0 Å². The number of β-amino-alcohol motifs (C(OH)–C–C–N with tert-alkyl or cyclic N) is 1. The van der Waals surface area contributed by atoms with Crippen molar-refractivity contribution in [2.45, 2.75) is 25.0 Å². The molecule has 1 N–H and O–H groups in total. The lowest BCUT2D eigenvalue weighted by Crippen LogP contribution is -2.33. The molecular weight excluding hydrogens is 294 g/mol. The second-order valence-corrected chi connectivity index (χ2v) is 6.94. The van der Waals surface area contributed by atoms with Crippen molar-refractivity contribution in [1.82, 2.24) is 4.90 Å². The Bertz CT molecular complexity index is 543. The van der Waals surface area contributed by atoms with Crippen LogP contribution in [0.15, 0.2) is 47.8 Å². The van der Waals surface area contributed by atoms with E-state index < -0.39 is 6.10 Å². The Hall–Kier alpha value is -1.20. The van der Waals surface area contributed by atoms with Gasteiger partial charge in [0.25, 0.3) is 0 Å². The van der Waals surface area contributed by atoms with Gasteiger partial charge >= 0.3 is 0 Å². The smallest absolute Gasteiger partial charge is 0.0900 e. The molecule has 2 aromatic rings. The average Bonchev–Trinajstić information content (AvgIpc) is 3.20. The summed E-state index contributed by atoms with van der Waals surface area (Å²) < 4.78 is 5.60. The number of hydrogen-bond donors (Lipinski definition) is 1. The molecule has 1 aliphatic heterocycles. The summed E-state index contributed by atoms with van der Waals surface area (Å²) in [7, 11) is 0. The van der Waals surface area contributed by atoms with E-state index in [0.717, 1.165) is 13.1 Å². The topological polar surface area (TPSA) is 32.7 Å². The number of benzene rings is 1. The number of ether oxygens (including phenoxy) is 1. The summed E-state index contributed by atoms with van der Waals surface area (Å²) in [6, 6.07) is 14.8. The van der Waals surface area contributed by atoms with Crippen LogP contribution in [0.1, 0.15) is 22.8 Å². The van der Waals surface area contributed by atoms with Gasteiger partial charge in [0.2, 0.25) is 0 Å². The predicted octanol–water partition coefficient (Wildman–Crippen LogP) is 3.12. The van der Waals surface area contributed by atoms with Gasteiger partial charge in [0, 0.05) is 18.0 Å². The molecule has 0 saturated carbocycles. The van der Waals surface area contributed by atoms with Crippen molar-refractivity contribution in [2.24, 2.45) is 0 Å². The Morgan fingerprint density at radius 2 is 2.09 bits per heavy atom. The molecule has 0 radical (unpaired) electrons. The lowest BCUT2D eigenvalue weighted by atomic mass is 9.99. The van der Waals surface area contributed by atoms with Crippen LogP contribution in [0.4, 0.5) is 0 Å². The molecule has 0 amide bonds. The molecule has 4 heteroatoms. The number of aliphatic hydroxyl groups excluding tert-OH is 1. The molecule has 1 saturated heterocycles. The molecule has 3 nitrogen and oxygen atoms in total. The largest absolute Gasteiger partial charge is 0.389 e. The van der Waals surface area contributed by atoms with Gasteiger partial charge in [-0.15, -0.1) is 11.3 Å². The van der Waals surface area contributed by atoms with Gasteiger partial charge in [-0.2, -0.15) is 0 Å². The first-order chi connectivity index (χ1) is 10.8. The normalized spacial score (nSPS) is 20.3. The van der Waals surface area contributed by atoms with Crippen LogP contribution in [-0.4, -0.2) is 42.4 Å². The fraction of sp³-hybridized carbons (Fsp3) is 0.444. The van der Waals surface area contributed by atoms with Gasteiger partial charge < -0.3 is 14.7 Å². The van der Waals surface area contributed by atoms with Gasteiger partial charge in [0.15, 0.2) is 0 Å². The van der Waals surface area contributed by atoms with Crippen LogP contribution in [0.2, 0.25) is 0 Å². The summed E-state index contributed by atoms with van der Waals surface area (Å²) in [5, 5.41) is 12.2. The van der Waals surface area contributed by atoms with E-state index in [1.54, 1.807) is 11.3 Å². The number of rotatable bonds is 7. The number of nitrogens with zero attached hydrogens (tertiary/aromatic N) is 1. The maximum atomic E-state index is 10.1. The highest BCUT2D eigenvalue weighted by molar-refractivity contribution is 7.09. The maximum absolute atomic E-state index is 10.1. The second kappa shape index (κ2) is 7.88. The Labute approximate surface area is 136 Å². The van der Waals surface area contributed by atoms with E-state index in [4.69, 9.17) is 4.74 Å². The minimum atomic E-state index is -0.408. The first kappa shape index (κ1) is 15.7. The molecule has 3 rings (SSSR count). The van der Waals surface area contributed by atoms with Gasteiger partial charge in [-0.05, 0) is 35.9 Å². The summed E-state index contributed by atoms with van der Waals surface area (Å²) in [4.78, 5) is 3.55. The standard InChI is InChI=1S/C18H23NO2S/c20-17(13-21-14-18-7-4-10-22-18)12-19-9-8-16(11-19)15-5-2-1-3-6-15/h1-7,10,16-17,20H,8-9,11-14H2. The van der Waals surface area contributed by atoms with Crippen molar-refractivity contribution in [2.75, 3.05) is 26.2 Å². The van der Waals surface area contributed by atoms with Gasteiger partial charge in [-0.25, -0.2) is 0 Å². The molecule has 0 spiro atoms. The van der Waals surface area contributed by atoms with Crippen LogP contribution in [0.25, 0.3) is 0 Å². The number of hydrogen-bond acceptors (Lipinski definition) is 4. The van der Waals surface area contributed by atoms with Crippen LogP contribution >= 0.6 is 11.3 Å².